The van der Waals surface area contributed by atoms with Crippen LogP contribution in [0.25, 0.3) is 0 Å². The lowest BCUT2D eigenvalue weighted by Gasteiger charge is -2.32. The molecule has 2 aromatic rings. The molecule has 3 atom stereocenters. The number of hydrogen-bond donors (Lipinski definition) is 2. The second-order valence-electron chi connectivity index (χ2n) is 7.68. The molecule has 0 saturated carbocycles. The predicted molar refractivity (Wildman–Crippen MR) is 119 cm³/mol. The molecule has 170 valence electrons. The summed E-state index contributed by atoms with van der Waals surface area (Å²) in [6, 6.07) is 13.7. The third kappa shape index (κ3) is 7.45. The molecule has 1 heterocycles. The monoisotopic (exact) mass is 450 g/mol. The average molecular weight is 451 g/mol. The summed E-state index contributed by atoms with van der Waals surface area (Å²) in [4.78, 5) is 0. The van der Waals surface area contributed by atoms with Crippen LogP contribution >= 0.6 is 11.6 Å². The Bertz CT molecular complexity index is 797. The molecule has 0 aromatic heterocycles. The summed E-state index contributed by atoms with van der Waals surface area (Å²) >= 11 is 6.44. The van der Waals surface area contributed by atoms with Gasteiger partial charge in [-0.15, -0.1) is 0 Å². The van der Waals surface area contributed by atoms with Crippen LogP contribution in [0.2, 0.25) is 5.02 Å². The van der Waals surface area contributed by atoms with Crippen molar-refractivity contribution in [1.82, 2.24) is 0 Å². The summed E-state index contributed by atoms with van der Waals surface area (Å²) in [5.41, 5.74) is 3.06. The quantitative estimate of drug-likeness (QED) is 0.510. The SMILES string of the molecule is COCCOCCOc1ccc(Cc2cc([C@H]3C[C@@H](O)C[C@@H](CO)O3)ccc2Cl)cc1. The van der Waals surface area contributed by atoms with E-state index in [9.17, 15) is 10.2 Å². The minimum atomic E-state index is -0.479. The highest BCUT2D eigenvalue weighted by Gasteiger charge is 2.29. The largest absolute Gasteiger partial charge is 0.491 e. The minimum Gasteiger partial charge on any atom is -0.491 e. The predicted octanol–water partition coefficient (Wildman–Crippen LogP) is 3.55. The highest BCUT2D eigenvalue weighted by molar-refractivity contribution is 6.31. The van der Waals surface area contributed by atoms with Gasteiger partial charge in [0.2, 0.25) is 0 Å². The van der Waals surface area contributed by atoms with Crippen LogP contribution in [0.1, 0.15) is 35.6 Å². The van der Waals surface area contributed by atoms with Crippen LogP contribution < -0.4 is 4.74 Å². The van der Waals surface area contributed by atoms with Gasteiger partial charge in [0.05, 0.1) is 44.7 Å². The van der Waals surface area contributed by atoms with E-state index in [0.29, 0.717) is 50.7 Å². The smallest absolute Gasteiger partial charge is 0.119 e. The molecule has 0 bridgehead atoms. The van der Waals surface area contributed by atoms with Crippen molar-refractivity contribution in [2.24, 2.45) is 0 Å². The van der Waals surface area contributed by atoms with Gasteiger partial charge >= 0.3 is 0 Å². The zero-order valence-corrected chi connectivity index (χ0v) is 18.6. The van der Waals surface area contributed by atoms with Gasteiger partial charge < -0.3 is 29.2 Å². The van der Waals surface area contributed by atoms with Crippen LogP contribution in [0.15, 0.2) is 42.5 Å². The molecule has 0 unspecified atom stereocenters. The van der Waals surface area contributed by atoms with Crippen molar-refractivity contribution < 1.29 is 29.2 Å². The molecule has 0 aliphatic carbocycles. The van der Waals surface area contributed by atoms with E-state index in [-0.39, 0.29) is 18.8 Å². The van der Waals surface area contributed by atoms with Gasteiger partial charge in [-0.1, -0.05) is 35.9 Å². The fourth-order valence-electron chi connectivity index (χ4n) is 3.64. The number of aliphatic hydroxyl groups is 2. The molecule has 1 saturated heterocycles. The molecule has 31 heavy (non-hydrogen) atoms. The second kappa shape index (κ2) is 12.4. The fourth-order valence-corrected chi connectivity index (χ4v) is 3.82. The lowest BCUT2D eigenvalue weighted by Crippen LogP contribution is -2.33. The number of halogens is 1. The average Bonchev–Trinajstić information content (AvgIpc) is 2.78. The van der Waals surface area contributed by atoms with E-state index in [1.807, 2.05) is 42.5 Å². The summed E-state index contributed by atoms with van der Waals surface area (Å²) in [6.45, 7) is 2.04. The molecular weight excluding hydrogens is 420 g/mol. The van der Waals surface area contributed by atoms with E-state index in [1.54, 1.807) is 7.11 Å². The van der Waals surface area contributed by atoms with E-state index < -0.39 is 6.10 Å². The van der Waals surface area contributed by atoms with Crippen molar-refractivity contribution in [3.63, 3.8) is 0 Å². The van der Waals surface area contributed by atoms with Gasteiger partial charge in [0, 0.05) is 25.0 Å². The minimum absolute atomic E-state index is 0.0955. The summed E-state index contributed by atoms with van der Waals surface area (Å²) < 4.78 is 21.9. The second-order valence-corrected chi connectivity index (χ2v) is 8.09. The molecule has 1 aliphatic rings. The normalized spacial score (nSPS) is 21.2. The van der Waals surface area contributed by atoms with Gasteiger partial charge in [0.1, 0.15) is 12.4 Å². The van der Waals surface area contributed by atoms with Crippen molar-refractivity contribution >= 4 is 11.6 Å². The maximum Gasteiger partial charge on any atom is 0.119 e. The van der Waals surface area contributed by atoms with Crippen LogP contribution in [-0.4, -0.2) is 62.6 Å². The Morgan fingerprint density at radius 1 is 1.03 bits per heavy atom. The molecular formula is C24H31ClO6. The summed E-state index contributed by atoms with van der Waals surface area (Å²) in [7, 11) is 1.64. The van der Waals surface area contributed by atoms with E-state index in [0.717, 1.165) is 22.4 Å². The van der Waals surface area contributed by atoms with Gasteiger partial charge in [-0.25, -0.2) is 0 Å². The number of hydrogen-bond acceptors (Lipinski definition) is 6. The molecule has 1 fully saturated rings. The maximum absolute atomic E-state index is 10.1. The van der Waals surface area contributed by atoms with Crippen LogP contribution in [0.4, 0.5) is 0 Å². The Balaban J connectivity index is 1.57. The standard InChI is InChI=1S/C24H31ClO6/c1-28-8-9-29-10-11-30-21-5-2-17(3-6-21)12-19-13-18(4-7-23(19)25)24-15-20(27)14-22(16-26)31-24/h2-7,13,20,22,24,26-27H,8-12,14-16H2,1H3/t20-,22-,24+/m0/s1. The number of rotatable bonds is 11. The molecule has 3 rings (SSSR count). The molecule has 2 N–H and O–H groups in total. The van der Waals surface area contributed by atoms with E-state index >= 15 is 0 Å². The number of methoxy groups -OCH3 is 1. The molecule has 0 spiro atoms. The van der Waals surface area contributed by atoms with Crippen molar-refractivity contribution in [2.75, 3.05) is 40.1 Å². The third-order valence-electron chi connectivity index (χ3n) is 5.27. The molecule has 0 radical (unpaired) electrons. The van der Waals surface area contributed by atoms with E-state index in [1.165, 1.54) is 0 Å². The van der Waals surface area contributed by atoms with Crippen molar-refractivity contribution in [2.45, 2.75) is 37.6 Å². The summed E-state index contributed by atoms with van der Waals surface area (Å²) in [6.07, 6.45) is 0.573. The highest BCUT2D eigenvalue weighted by Crippen LogP contribution is 2.33. The van der Waals surface area contributed by atoms with E-state index in [2.05, 4.69) is 0 Å². The molecule has 7 heteroatoms. The molecule has 6 nitrogen and oxygen atoms in total. The summed E-state index contributed by atoms with van der Waals surface area (Å²) in [5, 5.41) is 20.2. The van der Waals surface area contributed by atoms with Crippen molar-refractivity contribution in [3.8, 4) is 5.75 Å². The lowest BCUT2D eigenvalue weighted by molar-refractivity contribution is -0.113. The maximum atomic E-state index is 10.1. The Kier molecular flexibility index (Phi) is 9.58. The first kappa shape index (κ1) is 24.0. The van der Waals surface area contributed by atoms with Gasteiger partial charge in [-0.3, -0.25) is 0 Å². The molecule has 0 amide bonds. The topological polar surface area (TPSA) is 77.4 Å². The molecule has 1 aliphatic heterocycles. The van der Waals surface area contributed by atoms with Gasteiger partial charge in [0.15, 0.2) is 0 Å². The van der Waals surface area contributed by atoms with Gasteiger partial charge in [0.25, 0.3) is 0 Å². The van der Waals surface area contributed by atoms with Crippen molar-refractivity contribution in [3.05, 3.63) is 64.2 Å². The Morgan fingerprint density at radius 2 is 1.81 bits per heavy atom. The zero-order chi connectivity index (χ0) is 22.1. The Morgan fingerprint density at radius 3 is 2.55 bits per heavy atom. The van der Waals surface area contributed by atoms with Crippen molar-refractivity contribution in [1.29, 1.82) is 0 Å². The first-order valence-corrected chi connectivity index (χ1v) is 11.0. The van der Waals surface area contributed by atoms with Crippen LogP contribution in [0, 0.1) is 0 Å². The third-order valence-corrected chi connectivity index (χ3v) is 5.64. The summed E-state index contributed by atoms with van der Waals surface area (Å²) in [5.74, 6) is 0.790. The van der Waals surface area contributed by atoms with Crippen LogP contribution in [0.5, 0.6) is 5.75 Å². The van der Waals surface area contributed by atoms with Gasteiger partial charge in [-0.05, 0) is 41.3 Å². The first-order valence-electron chi connectivity index (χ1n) is 10.6. The van der Waals surface area contributed by atoms with E-state index in [4.69, 9.17) is 30.5 Å². The van der Waals surface area contributed by atoms with Crippen LogP contribution in [0.3, 0.4) is 0 Å². The highest BCUT2D eigenvalue weighted by atomic mass is 35.5. The zero-order valence-electron chi connectivity index (χ0n) is 17.8. The van der Waals surface area contributed by atoms with Gasteiger partial charge in [-0.2, -0.15) is 0 Å². The van der Waals surface area contributed by atoms with Crippen LogP contribution in [-0.2, 0) is 20.6 Å². The first-order chi connectivity index (χ1) is 15.1. The number of aliphatic hydroxyl groups excluding tert-OH is 2. The Hall–Kier alpha value is -1.67. The Labute approximate surface area is 188 Å². The molecule has 2 aromatic carbocycles. The number of ether oxygens (including phenoxy) is 4. The number of benzene rings is 2. The lowest BCUT2D eigenvalue weighted by atomic mass is 9.94. The fraction of sp³-hybridized carbons (Fsp3) is 0.500.